The Kier molecular flexibility index (Phi) is 4.48. The van der Waals surface area contributed by atoms with Crippen LogP contribution >= 0.6 is 0 Å². The molecule has 1 atom stereocenters. The molecule has 1 fully saturated rings. The number of aromatic nitrogens is 2. The Morgan fingerprint density at radius 3 is 2.95 bits per heavy atom. The number of amides is 1. The predicted octanol–water partition coefficient (Wildman–Crippen LogP) is 2.19. The Balaban J connectivity index is 1.75. The van der Waals surface area contributed by atoms with Gasteiger partial charge < -0.3 is 14.9 Å². The second kappa shape index (κ2) is 6.70. The molecule has 1 amide bonds. The van der Waals surface area contributed by atoms with Crippen LogP contribution in [0.5, 0.6) is 0 Å². The molecule has 2 aromatic heterocycles. The van der Waals surface area contributed by atoms with E-state index in [1.165, 1.54) is 6.26 Å². The van der Waals surface area contributed by atoms with Crippen molar-refractivity contribution in [1.82, 2.24) is 15.5 Å². The summed E-state index contributed by atoms with van der Waals surface area (Å²) in [5.41, 5.74) is 1.96. The van der Waals surface area contributed by atoms with Crippen molar-refractivity contribution < 1.29 is 14.4 Å². The monoisotopic (exact) mass is 301 g/mol. The summed E-state index contributed by atoms with van der Waals surface area (Å²) in [7, 11) is 0. The molecule has 0 aliphatic heterocycles. The normalized spacial score (nSPS) is 16.6. The molecule has 0 aromatic carbocycles. The Morgan fingerprint density at radius 2 is 2.27 bits per heavy atom. The van der Waals surface area contributed by atoms with E-state index < -0.39 is 6.04 Å². The van der Waals surface area contributed by atoms with E-state index in [1.807, 2.05) is 6.07 Å². The number of carbonyl (C=O) groups excluding carboxylic acids is 1. The first-order valence-corrected chi connectivity index (χ1v) is 7.55. The van der Waals surface area contributed by atoms with Crippen LogP contribution < -0.4 is 5.32 Å². The molecule has 116 valence electrons. The molecule has 0 saturated heterocycles. The van der Waals surface area contributed by atoms with Gasteiger partial charge in [0.2, 0.25) is 0 Å². The highest BCUT2D eigenvalue weighted by Gasteiger charge is 2.27. The van der Waals surface area contributed by atoms with Gasteiger partial charge in [-0.2, -0.15) is 0 Å². The minimum Gasteiger partial charge on any atom is -0.394 e. The minimum absolute atomic E-state index is 0.193. The average molecular weight is 301 g/mol. The summed E-state index contributed by atoms with van der Waals surface area (Å²) in [6, 6.07) is 3.10. The SMILES string of the molecule is O=C(NC(CO)c1cccnc1)c1conc1C1CCCC1. The van der Waals surface area contributed by atoms with Gasteiger partial charge in [-0.05, 0) is 24.5 Å². The van der Waals surface area contributed by atoms with Crippen LogP contribution in [0.2, 0.25) is 0 Å². The fraction of sp³-hybridized carbons (Fsp3) is 0.438. The number of aliphatic hydroxyl groups is 1. The average Bonchev–Trinajstić information content (AvgIpc) is 3.23. The van der Waals surface area contributed by atoms with Crippen molar-refractivity contribution >= 4 is 5.91 Å². The number of nitrogens with one attached hydrogen (secondary N) is 1. The second-order valence-electron chi connectivity index (χ2n) is 5.59. The van der Waals surface area contributed by atoms with Gasteiger partial charge in [-0.1, -0.05) is 24.1 Å². The van der Waals surface area contributed by atoms with Gasteiger partial charge in [0, 0.05) is 18.3 Å². The standard InChI is InChI=1S/C16H19N3O3/c20-9-14(12-6-3-7-17-8-12)18-16(21)13-10-22-19-15(13)11-4-1-2-5-11/h3,6-8,10-11,14,20H,1-2,4-5,9H2,(H,18,21). The lowest BCUT2D eigenvalue weighted by atomic mass is 10.00. The number of carbonyl (C=O) groups is 1. The zero-order chi connectivity index (χ0) is 15.4. The number of nitrogens with zero attached hydrogens (tertiary/aromatic N) is 2. The van der Waals surface area contributed by atoms with Crippen molar-refractivity contribution in [2.75, 3.05) is 6.61 Å². The molecule has 2 heterocycles. The van der Waals surface area contributed by atoms with Crippen molar-refractivity contribution in [3.8, 4) is 0 Å². The zero-order valence-electron chi connectivity index (χ0n) is 12.2. The molecule has 3 rings (SSSR count). The van der Waals surface area contributed by atoms with Gasteiger partial charge in [-0.3, -0.25) is 9.78 Å². The summed E-state index contributed by atoms with van der Waals surface area (Å²) in [5.74, 6) is 0.0246. The van der Waals surface area contributed by atoms with Gasteiger partial charge >= 0.3 is 0 Å². The van der Waals surface area contributed by atoms with Crippen molar-refractivity contribution in [2.45, 2.75) is 37.6 Å². The molecule has 1 saturated carbocycles. The Hall–Kier alpha value is -2.21. The van der Waals surface area contributed by atoms with E-state index in [0.717, 1.165) is 36.9 Å². The third-order valence-corrected chi connectivity index (χ3v) is 4.16. The lowest BCUT2D eigenvalue weighted by Gasteiger charge is -2.16. The van der Waals surface area contributed by atoms with E-state index in [0.29, 0.717) is 11.5 Å². The second-order valence-corrected chi connectivity index (χ2v) is 5.59. The molecular formula is C16H19N3O3. The number of pyridine rings is 1. The van der Waals surface area contributed by atoms with Gasteiger partial charge in [0.1, 0.15) is 11.8 Å². The summed E-state index contributed by atoms with van der Waals surface area (Å²) < 4.78 is 5.01. The third kappa shape index (κ3) is 3.01. The van der Waals surface area contributed by atoms with Crippen molar-refractivity contribution in [3.05, 3.63) is 47.6 Å². The Morgan fingerprint density at radius 1 is 1.45 bits per heavy atom. The van der Waals surface area contributed by atoms with Crippen LogP contribution in [0.4, 0.5) is 0 Å². The Bertz CT molecular complexity index is 621. The minimum atomic E-state index is -0.493. The van der Waals surface area contributed by atoms with Gasteiger partial charge in [0.25, 0.3) is 5.91 Å². The predicted molar refractivity (Wildman–Crippen MR) is 79.2 cm³/mol. The maximum atomic E-state index is 12.5. The summed E-state index contributed by atoms with van der Waals surface area (Å²) in [4.78, 5) is 16.5. The van der Waals surface area contributed by atoms with E-state index >= 15 is 0 Å². The van der Waals surface area contributed by atoms with Gasteiger partial charge in [-0.15, -0.1) is 0 Å². The number of hydrogen-bond acceptors (Lipinski definition) is 5. The largest absolute Gasteiger partial charge is 0.394 e. The summed E-state index contributed by atoms with van der Waals surface area (Å²) in [5, 5.41) is 16.4. The highest BCUT2D eigenvalue weighted by atomic mass is 16.5. The summed E-state index contributed by atoms with van der Waals surface area (Å²) >= 11 is 0. The van der Waals surface area contributed by atoms with Crippen LogP contribution in [0.15, 0.2) is 35.3 Å². The molecule has 22 heavy (non-hydrogen) atoms. The molecule has 6 heteroatoms. The fourth-order valence-corrected chi connectivity index (χ4v) is 2.96. The molecule has 1 aliphatic rings. The van der Waals surface area contributed by atoms with Crippen molar-refractivity contribution in [1.29, 1.82) is 0 Å². The van der Waals surface area contributed by atoms with E-state index in [4.69, 9.17) is 4.52 Å². The first-order valence-electron chi connectivity index (χ1n) is 7.55. The van der Waals surface area contributed by atoms with Crippen molar-refractivity contribution in [3.63, 3.8) is 0 Å². The fourth-order valence-electron chi connectivity index (χ4n) is 2.96. The zero-order valence-corrected chi connectivity index (χ0v) is 12.2. The highest BCUT2D eigenvalue weighted by Crippen LogP contribution is 2.35. The van der Waals surface area contributed by atoms with Crippen LogP contribution in [0.1, 0.15) is 59.3 Å². The third-order valence-electron chi connectivity index (χ3n) is 4.16. The van der Waals surface area contributed by atoms with Crippen molar-refractivity contribution in [2.24, 2.45) is 0 Å². The van der Waals surface area contributed by atoms with Crippen LogP contribution in [0, 0.1) is 0 Å². The van der Waals surface area contributed by atoms with Gasteiger partial charge in [-0.25, -0.2) is 0 Å². The maximum Gasteiger partial charge on any atom is 0.257 e. The lowest BCUT2D eigenvalue weighted by Crippen LogP contribution is -2.31. The molecule has 1 unspecified atom stereocenters. The first kappa shape index (κ1) is 14.7. The van der Waals surface area contributed by atoms with Gasteiger partial charge in [0.15, 0.2) is 0 Å². The van der Waals surface area contributed by atoms with Crippen LogP contribution in [-0.4, -0.2) is 27.8 Å². The summed E-state index contributed by atoms with van der Waals surface area (Å²) in [6.07, 6.45) is 9.07. The summed E-state index contributed by atoms with van der Waals surface area (Å²) in [6.45, 7) is -0.193. The number of rotatable bonds is 5. The smallest absolute Gasteiger partial charge is 0.257 e. The topological polar surface area (TPSA) is 88.2 Å². The van der Waals surface area contributed by atoms with E-state index in [9.17, 15) is 9.90 Å². The highest BCUT2D eigenvalue weighted by molar-refractivity contribution is 5.95. The molecular weight excluding hydrogens is 282 g/mol. The van der Waals surface area contributed by atoms with Crippen LogP contribution in [0.25, 0.3) is 0 Å². The quantitative estimate of drug-likeness (QED) is 0.883. The van der Waals surface area contributed by atoms with E-state index in [1.54, 1.807) is 18.5 Å². The Labute approximate surface area is 128 Å². The van der Waals surface area contributed by atoms with Crippen LogP contribution in [0.3, 0.4) is 0 Å². The maximum absolute atomic E-state index is 12.5. The van der Waals surface area contributed by atoms with E-state index in [-0.39, 0.29) is 12.5 Å². The molecule has 0 spiro atoms. The van der Waals surface area contributed by atoms with Crippen LogP contribution in [-0.2, 0) is 0 Å². The molecule has 2 N–H and O–H groups in total. The number of aliphatic hydroxyl groups excluding tert-OH is 1. The molecule has 0 bridgehead atoms. The molecule has 0 radical (unpaired) electrons. The molecule has 1 aliphatic carbocycles. The first-order chi connectivity index (χ1) is 10.8. The van der Waals surface area contributed by atoms with E-state index in [2.05, 4.69) is 15.5 Å². The molecule has 6 nitrogen and oxygen atoms in total. The molecule has 2 aromatic rings. The lowest BCUT2D eigenvalue weighted by molar-refractivity contribution is 0.0914. The number of hydrogen-bond donors (Lipinski definition) is 2. The van der Waals surface area contributed by atoms with Gasteiger partial charge in [0.05, 0.1) is 18.3 Å².